The number of nitrogens with two attached hydrogens (primary N) is 1. The Bertz CT molecular complexity index is 1660. The fourth-order valence-corrected chi connectivity index (χ4v) is 5.49. The summed E-state index contributed by atoms with van der Waals surface area (Å²) in [6, 6.07) is 12.0. The highest BCUT2D eigenvalue weighted by molar-refractivity contribution is 6.33. The Kier molecular flexibility index (Phi) is 5.93. The number of nitrogens with one attached hydrogen (secondary N) is 2. The minimum atomic E-state index is -1.07. The van der Waals surface area contributed by atoms with Gasteiger partial charge in [0.15, 0.2) is 17.8 Å². The Labute approximate surface area is 239 Å². The van der Waals surface area contributed by atoms with Crippen molar-refractivity contribution in [1.82, 2.24) is 35.4 Å². The second-order valence-corrected chi connectivity index (χ2v) is 10.7. The maximum absolute atomic E-state index is 14.0. The number of hydrogen-bond donors (Lipinski definition) is 3. The molecule has 13 heteroatoms. The number of benzene rings is 2. The van der Waals surface area contributed by atoms with Gasteiger partial charge in [-0.25, -0.2) is 14.8 Å². The standard InChI is InChI=1S/C28H24ClN9O3/c29-20-8-5-17(11-19(20)24-33-14-34-37-24)28(12-22(28)41-27(40)35-18-6-7-18)38-25(39)23(36-26(38)30)16-3-1-15(2-4-16)21-13-31-9-10-32-21/h1-5,8-11,13-14,18,22-23H,6-7,12H2,(H2,30,36)(H,35,40)(H,33,34,37)/t22-,23?,28+/m0/s1. The fraction of sp³-hybridized carbons (Fsp3) is 0.250. The van der Waals surface area contributed by atoms with Gasteiger partial charge in [0, 0.05) is 36.0 Å². The molecule has 3 aliphatic rings. The second kappa shape index (κ2) is 9.66. The number of H-pyrrole nitrogens is 1. The Hall–Kier alpha value is -4.84. The zero-order chi connectivity index (χ0) is 28.1. The van der Waals surface area contributed by atoms with Gasteiger partial charge in [0.05, 0.1) is 16.9 Å². The molecule has 2 fully saturated rings. The minimum Gasteiger partial charge on any atom is -0.443 e. The van der Waals surface area contributed by atoms with Crippen LogP contribution >= 0.6 is 11.6 Å². The van der Waals surface area contributed by atoms with Gasteiger partial charge in [0.1, 0.15) is 18.0 Å². The molecule has 4 N–H and O–H groups in total. The number of carbonyl (C=O) groups excluding carboxylic acids is 2. The van der Waals surface area contributed by atoms with Gasteiger partial charge in [-0.05, 0) is 36.1 Å². The number of halogens is 1. The SMILES string of the molecule is NC1=NC(c2ccc(-c3cnccn3)cc2)C(=O)N1[C@@]1(c2ccc(Cl)c(-c3ncn[nH]3)c2)C[C@@H]1OC(=O)NC1CC1. The summed E-state index contributed by atoms with van der Waals surface area (Å²) in [6.45, 7) is 0. The predicted octanol–water partition coefficient (Wildman–Crippen LogP) is 3.34. The zero-order valence-electron chi connectivity index (χ0n) is 21.6. The average Bonchev–Trinajstić information content (AvgIpc) is 3.83. The molecule has 0 bridgehead atoms. The molecule has 1 unspecified atom stereocenters. The van der Waals surface area contributed by atoms with Crippen LogP contribution in [0.3, 0.4) is 0 Å². The normalized spacial score (nSPS) is 23.3. The van der Waals surface area contributed by atoms with Gasteiger partial charge in [0.2, 0.25) is 0 Å². The summed E-state index contributed by atoms with van der Waals surface area (Å²) >= 11 is 6.50. The lowest BCUT2D eigenvalue weighted by Crippen LogP contribution is -2.48. The summed E-state index contributed by atoms with van der Waals surface area (Å²) < 4.78 is 5.82. The number of carbonyl (C=O) groups is 2. The monoisotopic (exact) mass is 569 g/mol. The average molecular weight is 570 g/mol. The van der Waals surface area contributed by atoms with E-state index in [4.69, 9.17) is 22.1 Å². The van der Waals surface area contributed by atoms with E-state index in [9.17, 15) is 9.59 Å². The number of aromatic nitrogens is 5. The molecule has 4 aromatic rings. The highest BCUT2D eigenvalue weighted by Gasteiger charge is 2.67. The van der Waals surface area contributed by atoms with Gasteiger partial charge in [0.25, 0.3) is 5.91 Å². The smallest absolute Gasteiger partial charge is 0.407 e. The van der Waals surface area contributed by atoms with Crippen molar-refractivity contribution in [2.45, 2.75) is 43.0 Å². The Morgan fingerprint density at radius 2 is 1.98 bits per heavy atom. The van der Waals surface area contributed by atoms with Gasteiger partial charge in [-0.3, -0.25) is 24.8 Å². The van der Waals surface area contributed by atoms with Crippen molar-refractivity contribution >= 4 is 29.6 Å². The quantitative estimate of drug-likeness (QED) is 0.305. The van der Waals surface area contributed by atoms with Gasteiger partial charge in [-0.15, -0.1) is 0 Å². The molecule has 1 aliphatic heterocycles. The first-order valence-corrected chi connectivity index (χ1v) is 13.5. The van der Waals surface area contributed by atoms with Crippen LogP contribution in [-0.2, 0) is 15.1 Å². The van der Waals surface area contributed by atoms with Crippen LogP contribution in [0.2, 0.25) is 5.02 Å². The van der Waals surface area contributed by atoms with Gasteiger partial charge >= 0.3 is 6.09 Å². The molecule has 3 heterocycles. The molecule has 7 rings (SSSR count). The number of nitrogens with zero attached hydrogens (tertiary/aromatic N) is 6. The number of ether oxygens (including phenoxy) is 1. The van der Waals surface area contributed by atoms with E-state index < -0.39 is 23.8 Å². The number of aromatic amines is 1. The van der Waals surface area contributed by atoms with Gasteiger partial charge in [-0.1, -0.05) is 41.9 Å². The van der Waals surface area contributed by atoms with Crippen LogP contribution in [0.25, 0.3) is 22.6 Å². The van der Waals surface area contributed by atoms with Crippen LogP contribution in [-0.4, -0.2) is 60.2 Å². The van der Waals surface area contributed by atoms with E-state index in [1.807, 2.05) is 30.3 Å². The molecule has 2 aromatic carbocycles. The Morgan fingerprint density at radius 3 is 2.68 bits per heavy atom. The van der Waals surface area contributed by atoms with Crippen molar-refractivity contribution in [1.29, 1.82) is 0 Å². The molecule has 2 saturated carbocycles. The summed E-state index contributed by atoms with van der Waals surface area (Å²) in [5.74, 6) is 0.189. The van der Waals surface area contributed by atoms with Crippen LogP contribution < -0.4 is 11.1 Å². The zero-order valence-corrected chi connectivity index (χ0v) is 22.3. The first-order chi connectivity index (χ1) is 19.9. The number of hydrogen-bond acceptors (Lipinski definition) is 9. The second-order valence-electron chi connectivity index (χ2n) is 10.2. The molecule has 2 aromatic heterocycles. The first kappa shape index (κ1) is 25.1. The number of amides is 2. The highest BCUT2D eigenvalue weighted by atomic mass is 35.5. The maximum atomic E-state index is 14.0. The van der Waals surface area contributed by atoms with E-state index in [0.29, 0.717) is 39.7 Å². The number of rotatable bonds is 7. The predicted molar refractivity (Wildman–Crippen MR) is 148 cm³/mol. The van der Waals surface area contributed by atoms with Gasteiger partial charge in [-0.2, -0.15) is 5.10 Å². The van der Waals surface area contributed by atoms with Crippen molar-refractivity contribution in [2.24, 2.45) is 10.7 Å². The van der Waals surface area contributed by atoms with E-state index in [0.717, 1.165) is 18.4 Å². The summed E-state index contributed by atoms with van der Waals surface area (Å²) in [4.78, 5) is 45.3. The fourth-order valence-electron chi connectivity index (χ4n) is 5.28. The Balaban J connectivity index is 1.22. The van der Waals surface area contributed by atoms with Crippen LogP contribution in [0.5, 0.6) is 0 Å². The lowest BCUT2D eigenvalue weighted by atomic mass is 9.98. The summed E-state index contributed by atoms with van der Waals surface area (Å²) in [5, 5.41) is 10.0. The molecule has 0 radical (unpaired) electrons. The molecule has 2 amide bonds. The van der Waals surface area contributed by atoms with E-state index in [-0.39, 0.29) is 17.9 Å². The third-order valence-electron chi connectivity index (χ3n) is 7.58. The lowest BCUT2D eigenvalue weighted by Gasteiger charge is -2.29. The van der Waals surface area contributed by atoms with E-state index in [1.165, 1.54) is 11.2 Å². The third-order valence-corrected chi connectivity index (χ3v) is 7.91. The third kappa shape index (κ3) is 4.45. The summed E-state index contributed by atoms with van der Waals surface area (Å²) in [6.07, 6.45) is 7.28. The van der Waals surface area contributed by atoms with E-state index >= 15 is 0 Å². The first-order valence-electron chi connectivity index (χ1n) is 13.1. The number of alkyl carbamates (subject to hydrolysis) is 1. The van der Waals surface area contributed by atoms with E-state index in [2.05, 4.69) is 35.5 Å². The lowest BCUT2D eigenvalue weighted by molar-refractivity contribution is -0.130. The van der Waals surface area contributed by atoms with Crippen LogP contribution in [0.15, 0.2) is 72.4 Å². The molecule has 12 nitrogen and oxygen atoms in total. The maximum Gasteiger partial charge on any atom is 0.407 e. The van der Waals surface area contributed by atoms with Crippen LogP contribution in [0.4, 0.5) is 4.79 Å². The van der Waals surface area contributed by atoms with E-state index in [1.54, 1.807) is 30.7 Å². The van der Waals surface area contributed by atoms with Crippen molar-refractivity contribution in [3.8, 4) is 22.6 Å². The van der Waals surface area contributed by atoms with Crippen molar-refractivity contribution in [3.63, 3.8) is 0 Å². The minimum absolute atomic E-state index is 0.0443. The van der Waals surface area contributed by atoms with Crippen molar-refractivity contribution in [3.05, 3.63) is 83.5 Å². The molecule has 3 atom stereocenters. The molecule has 0 spiro atoms. The summed E-state index contributed by atoms with van der Waals surface area (Å²) in [5.41, 5.74) is 8.90. The largest absolute Gasteiger partial charge is 0.443 e. The number of guanidine groups is 1. The Morgan fingerprint density at radius 1 is 1.15 bits per heavy atom. The molecule has 0 saturated heterocycles. The number of aliphatic imine (C=N–C) groups is 1. The van der Waals surface area contributed by atoms with Crippen molar-refractivity contribution < 1.29 is 14.3 Å². The molecule has 206 valence electrons. The molecular weight excluding hydrogens is 546 g/mol. The van der Waals surface area contributed by atoms with Gasteiger partial charge < -0.3 is 15.8 Å². The van der Waals surface area contributed by atoms with Crippen molar-refractivity contribution in [2.75, 3.05) is 0 Å². The highest BCUT2D eigenvalue weighted by Crippen LogP contribution is 2.56. The van der Waals surface area contributed by atoms with Crippen LogP contribution in [0, 0.1) is 0 Å². The molecular formula is C28H24ClN9O3. The topological polar surface area (TPSA) is 164 Å². The van der Waals surface area contributed by atoms with Crippen LogP contribution in [0.1, 0.15) is 36.4 Å². The summed E-state index contributed by atoms with van der Waals surface area (Å²) in [7, 11) is 0. The molecule has 41 heavy (non-hydrogen) atoms. The molecule has 2 aliphatic carbocycles.